The predicted octanol–water partition coefficient (Wildman–Crippen LogP) is 2.74. The number of allylic oxidation sites excluding steroid dienone is 2. The van der Waals surface area contributed by atoms with Crippen molar-refractivity contribution in [3.63, 3.8) is 0 Å². The molecule has 0 bridgehead atoms. The van der Waals surface area contributed by atoms with E-state index in [1.54, 1.807) is 26.1 Å². The van der Waals surface area contributed by atoms with Crippen LogP contribution < -0.4 is 0 Å². The lowest BCUT2D eigenvalue weighted by atomic mass is 9.92. The van der Waals surface area contributed by atoms with Gasteiger partial charge in [-0.15, -0.1) is 0 Å². The Hall–Kier alpha value is -1.77. The van der Waals surface area contributed by atoms with Crippen LogP contribution in [0.4, 0.5) is 0 Å². The Morgan fingerprint density at radius 2 is 1.75 bits per heavy atom. The van der Waals surface area contributed by atoms with E-state index in [0.717, 1.165) is 5.56 Å². The number of aryl methyl sites for hydroxylation is 1. The first-order valence-corrected chi connectivity index (χ1v) is 5.34. The third-order valence-corrected chi connectivity index (χ3v) is 2.33. The van der Waals surface area contributed by atoms with Crippen LogP contribution in [0.15, 0.2) is 23.9 Å². The third-order valence-electron chi connectivity index (χ3n) is 2.33. The second kappa shape index (κ2) is 4.84. The first-order valence-electron chi connectivity index (χ1n) is 5.34. The van der Waals surface area contributed by atoms with E-state index in [0.29, 0.717) is 11.1 Å². The quantitative estimate of drug-likeness (QED) is 0.671. The normalized spacial score (nSPS) is 13.6. The Balaban J connectivity index is 0.000000606. The number of rotatable bonds is 0. The molecule has 0 saturated heterocycles. The largest absolute Gasteiger partial charge is 0.289 e. The summed E-state index contributed by atoms with van der Waals surface area (Å²) in [6, 6.07) is 1.73. The second-order valence-corrected chi connectivity index (χ2v) is 3.37. The van der Waals surface area contributed by atoms with Gasteiger partial charge in [0, 0.05) is 11.8 Å². The molecule has 3 nitrogen and oxygen atoms in total. The van der Waals surface area contributed by atoms with Gasteiger partial charge in [-0.3, -0.25) is 14.6 Å². The zero-order valence-corrected chi connectivity index (χ0v) is 10.00. The summed E-state index contributed by atoms with van der Waals surface area (Å²) in [5, 5.41) is 0. The van der Waals surface area contributed by atoms with E-state index < -0.39 is 0 Å². The number of aromatic nitrogens is 1. The molecule has 1 aromatic rings. The number of ketones is 2. The SMILES string of the molecule is CC.CC1=CC(=O)c2c(C)ccnc2C1=O. The van der Waals surface area contributed by atoms with Crippen molar-refractivity contribution < 1.29 is 9.59 Å². The summed E-state index contributed by atoms with van der Waals surface area (Å²) in [5.41, 5.74) is 2.00. The summed E-state index contributed by atoms with van der Waals surface area (Å²) >= 11 is 0. The van der Waals surface area contributed by atoms with Crippen molar-refractivity contribution >= 4 is 11.6 Å². The molecule has 1 aliphatic rings. The Morgan fingerprint density at radius 1 is 1.12 bits per heavy atom. The number of carbonyl (C=O) groups excluding carboxylic acids is 2. The lowest BCUT2D eigenvalue weighted by Crippen LogP contribution is -2.18. The highest BCUT2D eigenvalue weighted by molar-refractivity contribution is 6.23. The zero-order chi connectivity index (χ0) is 12.3. The van der Waals surface area contributed by atoms with E-state index in [1.807, 2.05) is 13.8 Å². The lowest BCUT2D eigenvalue weighted by molar-refractivity contribution is 0.0980. The predicted molar refractivity (Wildman–Crippen MR) is 62.7 cm³/mol. The van der Waals surface area contributed by atoms with Crippen molar-refractivity contribution in [2.45, 2.75) is 27.7 Å². The standard InChI is InChI=1S/C11H9NO2.C2H6/c1-6-3-4-12-10-9(6)8(13)5-7(2)11(10)14;1-2/h3-5H,1-2H3;1-2H3. The number of carbonyl (C=O) groups is 2. The number of hydrogen-bond donors (Lipinski definition) is 0. The topological polar surface area (TPSA) is 47.0 Å². The van der Waals surface area contributed by atoms with Gasteiger partial charge < -0.3 is 0 Å². The highest BCUT2D eigenvalue weighted by atomic mass is 16.1. The van der Waals surface area contributed by atoms with E-state index >= 15 is 0 Å². The number of fused-ring (bicyclic) bond motifs is 1. The van der Waals surface area contributed by atoms with Gasteiger partial charge >= 0.3 is 0 Å². The summed E-state index contributed by atoms with van der Waals surface area (Å²) in [7, 11) is 0. The van der Waals surface area contributed by atoms with Crippen LogP contribution in [0.3, 0.4) is 0 Å². The van der Waals surface area contributed by atoms with Gasteiger partial charge in [0.25, 0.3) is 0 Å². The van der Waals surface area contributed by atoms with Crippen molar-refractivity contribution in [3.05, 3.63) is 40.7 Å². The van der Waals surface area contributed by atoms with Crippen LogP contribution in [0, 0.1) is 6.92 Å². The average Bonchev–Trinajstić information content (AvgIpc) is 2.28. The number of Topliss-reactive ketones (excluding diaryl/α,β-unsaturated/α-hetero) is 1. The molecule has 0 aromatic carbocycles. The summed E-state index contributed by atoms with van der Waals surface area (Å²) < 4.78 is 0. The van der Waals surface area contributed by atoms with Gasteiger partial charge in [0.1, 0.15) is 5.69 Å². The summed E-state index contributed by atoms with van der Waals surface area (Å²) in [5.74, 6) is -0.272. The van der Waals surface area contributed by atoms with Crippen molar-refractivity contribution in [2.24, 2.45) is 0 Å². The molecule has 16 heavy (non-hydrogen) atoms. The van der Waals surface area contributed by atoms with Crippen LogP contribution in [0.2, 0.25) is 0 Å². The highest BCUT2D eigenvalue weighted by Gasteiger charge is 2.25. The maximum absolute atomic E-state index is 11.6. The molecule has 84 valence electrons. The van der Waals surface area contributed by atoms with Crippen LogP contribution in [0.5, 0.6) is 0 Å². The molecular weight excluding hydrogens is 202 g/mol. The minimum Gasteiger partial charge on any atom is -0.289 e. The second-order valence-electron chi connectivity index (χ2n) is 3.37. The molecule has 0 unspecified atom stereocenters. The maximum atomic E-state index is 11.6. The van der Waals surface area contributed by atoms with E-state index in [4.69, 9.17) is 0 Å². The van der Waals surface area contributed by atoms with Gasteiger partial charge in [0.2, 0.25) is 5.78 Å². The molecule has 0 spiro atoms. The molecule has 0 fully saturated rings. The van der Waals surface area contributed by atoms with Crippen molar-refractivity contribution in [1.82, 2.24) is 4.98 Å². The van der Waals surface area contributed by atoms with Crippen molar-refractivity contribution in [2.75, 3.05) is 0 Å². The fraction of sp³-hybridized carbons (Fsp3) is 0.308. The molecule has 3 heteroatoms. The van der Waals surface area contributed by atoms with E-state index in [9.17, 15) is 9.59 Å². The Kier molecular flexibility index (Phi) is 3.72. The monoisotopic (exact) mass is 217 g/mol. The van der Waals surface area contributed by atoms with Crippen LogP contribution >= 0.6 is 0 Å². The van der Waals surface area contributed by atoms with Gasteiger partial charge in [-0.05, 0) is 31.6 Å². The minimum atomic E-state index is -0.150. The van der Waals surface area contributed by atoms with Gasteiger partial charge in [-0.2, -0.15) is 0 Å². The van der Waals surface area contributed by atoms with E-state index in [-0.39, 0.29) is 17.3 Å². The summed E-state index contributed by atoms with van der Waals surface area (Å²) in [6.45, 7) is 7.44. The third kappa shape index (κ3) is 1.94. The molecular formula is C13H15NO2. The van der Waals surface area contributed by atoms with E-state index in [1.165, 1.54) is 6.08 Å². The molecule has 1 aliphatic carbocycles. The van der Waals surface area contributed by atoms with Gasteiger partial charge in [-0.25, -0.2) is 0 Å². The van der Waals surface area contributed by atoms with Gasteiger partial charge in [0.05, 0.1) is 5.56 Å². The van der Waals surface area contributed by atoms with Gasteiger partial charge in [-0.1, -0.05) is 13.8 Å². The first kappa shape index (κ1) is 12.3. The fourth-order valence-electron chi connectivity index (χ4n) is 1.56. The average molecular weight is 217 g/mol. The molecule has 0 amide bonds. The minimum absolute atomic E-state index is 0.122. The van der Waals surface area contributed by atoms with Crippen LogP contribution in [-0.2, 0) is 0 Å². The maximum Gasteiger partial charge on any atom is 0.207 e. The molecule has 1 aromatic heterocycles. The number of pyridine rings is 1. The van der Waals surface area contributed by atoms with Crippen LogP contribution in [-0.4, -0.2) is 16.6 Å². The molecule has 0 N–H and O–H groups in total. The molecule has 0 atom stereocenters. The molecule has 0 radical (unpaired) electrons. The lowest BCUT2D eigenvalue weighted by Gasteiger charge is -2.12. The van der Waals surface area contributed by atoms with Crippen molar-refractivity contribution in [3.8, 4) is 0 Å². The Morgan fingerprint density at radius 3 is 2.38 bits per heavy atom. The Bertz CT molecular complexity index is 473. The first-order chi connectivity index (χ1) is 7.61. The molecule has 0 aliphatic heterocycles. The Labute approximate surface area is 95.2 Å². The fourth-order valence-corrected chi connectivity index (χ4v) is 1.56. The molecule has 2 rings (SSSR count). The summed E-state index contributed by atoms with van der Waals surface area (Å²) in [6.07, 6.45) is 2.93. The number of hydrogen-bond acceptors (Lipinski definition) is 3. The summed E-state index contributed by atoms with van der Waals surface area (Å²) in [4.78, 5) is 27.2. The number of nitrogens with zero attached hydrogens (tertiary/aromatic N) is 1. The van der Waals surface area contributed by atoms with E-state index in [2.05, 4.69) is 4.98 Å². The zero-order valence-electron chi connectivity index (χ0n) is 10.00. The highest BCUT2D eigenvalue weighted by Crippen LogP contribution is 2.21. The van der Waals surface area contributed by atoms with Gasteiger partial charge in [0.15, 0.2) is 5.78 Å². The van der Waals surface area contributed by atoms with Crippen LogP contribution in [0.25, 0.3) is 0 Å². The van der Waals surface area contributed by atoms with Crippen molar-refractivity contribution in [1.29, 1.82) is 0 Å². The smallest absolute Gasteiger partial charge is 0.207 e. The molecule has 1 heterocycles. The molecule has 0 saturated carbocycles. The van der Waals surface area contributed by atoms with Crippen LogP contribution in [0.1, 0.15) is 47.2 Å².